The number of aromatic nitrogens is 3. The Morgan fingerprint density at radius 3 is 2.83 bits per heavy atom. The molecule has 0 spiro atoms. The van der Waals surface area contributed by atoms with Gasteiger partial charge in [0.25, 0.3) is 0 Å². The second-order valence-electron chi connectivity index (χ2n) is 5.54. The fourth-order valence-electron chi connectivity index (χ4n) is 2.71. The van der Waals surface area contributed by atoms with Gasteiger partial charge in [0.15, 0.2) is 5.82 Å². The Morgan fingerprint density at radius 2 is 2.09 bits per heavy atom. The predicted octanol–water partition coefficient (Wildman–Crippen LogP) is 3.29. The van der Waals surface area contributed by atoms with Gasteiger partial charge in [-0.25, -0.2) is 9.97 Å². The van der Waals surface area contributed by atoms with E-state index in [4.69, 9.17) is 14.7 Å². The smallest absolute Gasteiger partial charge is 0.163 e. The second kappa shape index (κ2) is 5.86. The first-order chi connectivity index (χ1) is 11.2. The second-order valence-corrected chi connectivity index (χ2v) is 6.45. The van der Waals surface area contributed by atoms with E-state index in [0.717, 1.165) is 39.8 Å². The molecule has 2 aromatic heterocycles. The molecule has 0 unspecified atom stereocenters. The summed E-state index contributed by atoms with van der Waals surface area (Å²) in [5.74, 6) is 1.65. The minimum Gasteiger partial charge on any atom is -0.378 e. The van der Waals surface area contributed by atoms with E-state index < -0.39 is 0 Å². The monoisotopic (exact) mass is 370 g/mol. The molecule has 1 saturated heterocycles. The minimum atomic E-state index is 0.272. The number of nitrogens with zero attached hydrogens (tertiary/aromatic N) is 4. The Bertz CT molecular complexity index is 850. The molecule has 6 heteroatoms. The summed E-state index contributed by atoms with van der Waals surface area (Å²) in [6.45, 7) is 1.70. The Balaban J connectivity index is 1.86. The van der Waals surface area contributed by atoms with Crippen LogP contribution in [0.2, 0.25) is 0 Å². The average molecular weight is 371 g/mol. The molecule has 0 bridgehead atoms. The van der Waals surface area contributed by atoms with E-state index in [1.165, 1.54) is 0 Å². The van der Waals surface area contributed by atoms with Crippen molar-refractivity contribution in [2.75, 3.05) is 25.1 Å². The molecular weight excluding hydrogens is 356 g/mol. The molecule has 0 N–H and O–H groups in total. The van der Waals surface area contributed by atoms with E-state index in [-0.39, 0.29) is 6.10 Å². The summed E-state index contributed by atoms with van der Waals surface area (Å²) in [7, 11) is 1.75. The maximum atomic E-state index is 5.38. The summed E-state index contributed by atoms with van der Waals surface area (Å²) >= 11 is 3.54. The van der Waals surface area contributed by atoms with Crippen molar-refractivity contribution in [3.63, 3.8) is 0 Å². The van der Waals surface area contributed by atoms with E-state index in [2.05, 4.69) is 31.9 Å². The molecule has 0 atom stereocenters. The van der Waals surface area contributed by atoms with Crippen molar-refractivity contribution in [1.82, 2.24) is 15.0 Å². The molecule has 0 aliphatic carbocycles. The van der Waals surface area contributed by atoms with Crippen molar-refractivity contribution in [2.24, 2.45) is 0 Å². The van der Waals surface area contributed by atoms with Crippen LogP contribution in [0.25, 0.3) is 22.3 Å². The highest BCUT2D eigenvalue weighted by atomic mass is 79.9. The van der Waals surface area contributed by atoms with Crippen molar-refractivity contribution < 1.29 is 4.74 Å². The largest absolute Gasteiger partial charge is 0.378 e. The molecule has 4 rings (SSSR count). The topological polar surface area (TPSA) is 51.1 Å². The van der Waals surface area contributed by atoms with Crippen molar-refractivity contribution in [3.05, 3.63) is 47.2 Å². The van der Waals surface area contributed by atoms with Gasteiger partial charge in [0, 0.05) is 48.0 Å². The van der Waals surface area contributed by atoms with Crippen LogP contribution in [-0.2, 0) is 4.74 Å². The number of fused-ring (bicyclic) bond motifs is 1. The lowest BCUT2D eigenvalue weighted by Gasteiger charge is -2.39. The van der Waals surface area contributed by atoms with Crippen molar-refractivity contribution in [1.29, 1.82) is 0 Å². The maximum Gasteiger partial charge on any atom is 0.163 e. The molecule has 1 aliphatic rings. The van der Waals surface area contributed by atoms with Gasteiger partial charge < -0.3 is 9.64 Å². The van der Waals surface area contributed by atoms with Gasteiger partial charge in [-0.15, -0.1) is 0 Å². The number of hydrogen-bond donors (Lipinski definition) is 0. The number of ether oxygens (including phenoxy) is 1. The standard InChI is InChI=1S/C17H15BrN4O/c1-23-13-9-22(10-13)17-14-7-12(18)4-5-15(14)20-16(21-17)11-3-2-6-19-8-11/h2-8,13H,9-10H2,1H3. The Hall–Kier alpha value is -2.05. The van der Waals surface area contributed by atoms with Crippen LogP contribution >= 0.6 is 15.9 Å². The fraction of sp³-hybridized carbons (Fsp3) is 0.235. The number of halogens is 1. The maximum absolute atomic E-state index is 5.38. The minimum absolute atomic E-state index is 0.272. The molecule has 3 aromatic rings. The van der Waals surface area contributed by atoms with Gasteiger partial charge in [-0.2, -0.15) is 0 Å². The zero-order valence-electron chi connectivity index (χ0n) is 12.6. The molecule has 23 heavy (non-hydrogen) atoms. The normalized spacial score (nSPS) is 15.0. The van der Waals surface area contributed by atoms with Crippen molar-refractivity contribution >= 4 is 32.7 Å². The van der Waals surface area contributed by atoms with Crippen LogP contribution in [-0.4, -0.2) is 41.3 Å². The Kier molecular flexibility index (Phi) is 3.71. The van der Waals surface area contributed by atoms with Crippen LogP contribution in [0.1, 0.15) is 0 Å². The van der Waals surface area contributed by atoms with Crippen molar-refractivity contribution in [2.45, 2.75) is 6.10 Å². The van der Waals surface area contributed by atoms with Crippen LogP contribution in [0.3, 0.4) is 0 Å². The van der Waals surface area contributed by atoms with Gasteiger partial charge >= 0.3 is 0 Å². The van der Waals surface area contributed by atoms with E-state index in [0.29, 0.717) is 5.82 Å². The first kappa shape index (κ1) is 14.5. The quantitative estimate of drug-likeness (QED) is 0.707. The first-order valence-corrected chi connectivity index (χ1v) is 8.19. The zero-order valence-corrected chi connectivity index (χ0v) is 14.2. The predicted molar refractivity (Wildman–Crippen MR) is 93.5 cm³/mol. The SMILES string of the molecule is COC1CN(c2nc(-c3cccnc3)nc3ccc(Br)cc23)C1. The summed E-state index contributed by atoms with van der Waals surface area (Å²) in [6, 6.07) is 9.95. The van der Waals surface area contributed by atoms with Gasteiger partial charge in [0.1, 0.15) is 5.82 Å². The van der Waals surface area contributed by atoms with Crippen LogP contribution in [0.5, 0.6) is 0 Å². The molecule has 0 radical (unpaired) electrons. The van der Waals surface area contributed by atoms with Crippen molar-refractivity contribution in [3.8, 4) is 11.4 Å². The average Bonchev–Trinajstić information content (AvgIpc) is 2.54. The third kappa shape index (κ3) is 2.68. The van der Waals surface area contributed by atoms with Gasteiger partial charge in [0.05, 0.1) is 11.6 Å². The molecule has 1 fully saturated rings. The lowest BCUT2D eigenvalue weighted by Crippen LogP contribution is -2.52. The van der Waals surface area contributed by atoms with Gasteiger partial charge in [0.2, 0.25) is 0 Å². The van der Waals surface area contributed by atoms with Gasteiger partial charge in [-0.05, 0) is 30.3 Å². The molecule has 1 aromatic carbocycles. The molecule has 0 saturated carbocycles. The molecular formula is C17H15BrN4O. The van der Waals surface area contributed by atoms with Crippen LogP contribution in [0, 0.1) is 0 Å². The Morgan fingerprint density at radius 1 is 1.22 bits per heavy atom. The fourth-order valence-corrected chi connectivity index (χ4v) is 3.07. The highest BCUT2D eigenvalue weighted by molar-refractivity contribution is 9.10. The highest BCUT2D eigenvalue weighted by Gasteiger charge is 2.29. The lowest BCUT2D eigenvalue weighted by molar-refractivity contribution is 0.0785. The van der Waals surface area contributed by atoms with Gasteiger partial charge in [-0.1, -0.05) is 15.9 Å². The summed E-state index contributed by atoms with van der Waals surface area (Å²) in [5, 5.41) is 1.04. The van der Waals surface area contributed by atoms with E-state index >= 15 is 0 Å². The summed E-state index contributed by atoms with van der Waals surface area (Å²) < 4.78 is 6.41. The van der Waals surface area contributed by atoms with Gasteiger partial charge in [-0.3, -0.25) is 4.98 Å². The molecule has 0 amide bonds. The molecule has 3 heterocycles. The summed E-state index contributed by atoms with van der Waals surface area (Å²) in [5.41, 5.74) is 1.85. The number of hydrogen-bond acceptors (Lipinski definition) is 5. The van der Waals surface area contributed by atoms with E-state index in [9.17, 15) is 0 Å². The number of benzene rings is 1. The number of methoxy groups -OCH3 is 1. The Labute approximate surface area is 142 Å². The molecule has 5 nitrogen and oxygen atoms in total. The van der Waals surface area contributed by atoms with Crippen LogP contribution < -0.4 is 4.90 Å². The summed E-state index contributed by atoms with van der Waals surface area (Å²) in [6.07, 6.45) is 3.81. The van der Waals surface area contributed by atoms with Crippen LogP contribution in [0.4, 0.5) is 5.82 Å². The molecule has 116 valence electrons. The number of pyridine rings is 1. The third-order valence-corrected chi connectivity index (χ3v) is 4.53. The number of anilines is 1. The van der Waals surface area contributed by atoms with Crippen LogP contribution in [0.15, 0.2) is 47.2 Å². The number of rotatable bonds is 3. The third-order valence-electron chi connectivity index (χ3n) is 4.04. The zero-order chi connectivity index (χ0) is 15.8. The lowest BCUT2D eigenvalue weighted by atomic mass is 10.1. The van der Waals surface area contributed by atoms with E-state index in [1.807, 2.05) is 24.3 Å². The van der Waals surface area contributed by atoms with E-state index in [1.54, 1.807) is 19.5 Å². The highest BCUT2D eigenvalue weighted by Crippen LogP contribution is 2.32. The summed E-state index contributed by atoms with van der Waals surface area (Å²) in [4.78, 5) is 15.9. The first-order valence-electron chi connectivity index (χ1n) is 7.40. The molecule has 1 aliphatic heterocycles.